The fourth-order valence-corrected chi connectivity index (χ4v) is 2.61. The Kier molecular flexibility index (Phi) is 4.63. The molecule has 1 heterocycles. The van der Waals surface area contributed by atoms with Crippen LogP contribution in [0.15, 0.2) is 35.2 Å². The van der Waals surface area contributed by atoms with Gasteiger partial charge in [0.1, 0.15) is 0 Å². The molecule has 2 rings (SSSR count). The van der Waals surface area contributed by atoms with Crippen LogP contribution in [0.5, 0.6) is 0 Å². The molecule has 0 bridgehead atoms. The van der Waals surface area contributed by atoms with Crippen LogP contribution in [0, 0.1) is 13.8 Å². The summed E-state index contributed by atoms with van der Waals surface area (Å²) in [7, 11) is 0. The summed E-state index contributed by atoms with van der Waals surface area (Å²) < 4.78 is 0. The van der Waals surface area contributed by atoms with Gasteiger partial charge in [-0.25, -0.2) is 0 Å². The number of nitrogens with zero attached hydrogens (tertiary/aromatic N) is 1. The molecule has 0 spiro atoms. The Balaban J connectivity index is 1.79. The molecule has 0 aliphatic carbocycles. The first-order valence-electron chi connectivity index (χ1n) is 6.16. The van der Waals surface area contributed by atoms with Gasteiger partial charge in [-0.3, -0.25) is 9.89 Å². The van der Waals surface area contributed by atoms with Gasteiger partial charge in [0.05, 0.1) is 11.3 Å². The summed E-state index contributed by atoms with van der Waals surface area (Å²) in [4.78, 5) is 13.2. The number of carbonyl (C=O) groups excluding carboxylic acids is 1. The smallest absolute Gasteiger partial charge is 0.255 e. The van der Waals surface area contributed by atoms with Crippen LogP contribution in [0.1, 0.15) is 21.7 Å². The van der Waals surface area contributed by atoms with Gasteiger partial charge in [0.2, 0.25) is 0 Å². The highest BCUT2D eigenvalue weighted by Gasteiger charge is 2.14. The van der Waals surface area contributed by atoms with Crippen molar-refractivity contribution in [3.05, 3.63) is 47.3 Å². The van der Waals surface area contributed by atoms with E-state index in [0.29, 0.717) is 12.1 Å². The summed E-state index contributed by atoms with van der Waals surface area (Å²) in [6, 6.07) is 10.2. The number of hydrogen-bond acceptors (Lipinski definition) is 3. The van der Waals surface area contributed by atoms with Crippen LogP contribution >= 0.6 is 11.8 Å². The van der Waals surface area contributed by atoms with Crippen molar-refractivity contribution in [3.63, 3.8) is 0 Å². The number of nitrogens with one attached hydrogen (secondary N) is 2. The molecular formula is C14H17N3OS. The summed E-state index contributed by atoms with van der Waals surface area (Å²) in [6.07, 6.45) is 0. The van der Waals surface area contributed by atoms with Crippen LogP contribution < -0.4 is 5.32 Å². The van der Waals surface area contributed by atoms with E-state index in [1.165, 1.54) is 4.90 Å². The average Bonchev–Trinajstić information content (AvgIpc) is 2.75. The Morgan fingerprint density at radius 1 is 1.32 bits per heavy atom. The topological polar surface area (TPSA) is 57.8 Å². The summed E-state index contributed by atoms with van der Waals surface area (Å²) >= 11 is 1.73. The number of H-pyrrole nitrogens is 1. The number of thioether (sulfide) groups is 1. The fraction of sp³-hybridized carbons (Fsp3) is 0.286. The quantitative estimate of drug-likeness (QED) is 0.651. The molecule has 1 aromatic heterocycles. The monoisotopic (exact) mass is 275 g/mol. The van der Waals surface area contributed by atoms with Crippen molar-refractivity contribution in [1.82, 2.24) is 15.5 Å². The first kappa shape index (κ1) is 13.7. The summed E-state index contributed by atoms with van der Waals surface area (Å²) in [5.74, 6) is 0.795. The maximum absolute atomic E-state index is 12.0. The minimum absolute atomic E-state index is 0.0580. The molecule has 1 aromatic carbocycles. The molecule has 2 aromatic rings. The van der Waals surface area contributed by atoms with Crippen molar-refractivity contribution in [2.75, 3.05) is 12.3 Å². The van der Waals surface area contributed by atoms with E-state index in [0.717, 1.165) is 17.1 Å². The van der Waals surface area contributed by atoms with E-state index in [-0.39, 0.29) is 5.91 Å². The molecule has 0 atom stereocenters. The van der Waals surface area contributed by atoms with E-state index in [2.05, 4.69) is 27.6 Å². The Morgan fingerprint density at radius 3 is 2.68 bits per heavy atom. The SMILES string of the molecule is Cc1n[nH]c(C)c1C(=O)NCCSc1ccccc1. The van der Waals surface area contributed by atoms with Crippen molar-refractivity contribution in [2.24, 2.45) is 0 Å². The van der Waals surface area contributed by atoms with Gasteiger partial charge in [0.15, 0.2) is 0 Å². The zero-order chi connectivity index (χ0) is 13.7. The fourth-order valence-electron chi connectivity index (χ4n) is 1.82. The molecule has 4 nitrogen and oxygen atoms in total. The van der Waals surface area contributed by atoms with Gasteiger partial charge in [-0.05, 0) is 26.0 Å². The average molecular weight is 275 g/mol. The number of rotatable bonds is 5. The molecule has 1 amide bonds. The van der Waals surface area contributed by atoms with Crippen molar-refractivity contribution >= 4 is 17.7 Å². The maximum atomic E-state index is 12.0. The van der Waals surface area contributed by atoms with Gasteiger partial charge >= 0.3 is 0 Å². The third kappa shape index (κ3) is 3.61. The Bertz CT molecular complexity index is 532. The number of carbonyl (C=O) groups is 1. The molecule has 100 valence electrons. The van der Waals surface area contributed by atoms with Crippen molar-refractivity contribution < 1.29 is 4.79 Å². The number of benzene rings is 1. The van der Waals surface area contributed by atoms with E-state index in [9.17, 15) is 4.79 Å². The molecule has 0 unspecified atom stereocenters. The molecule has 19 heavy (non-hydrogen) atoms. The second kappa shape index (κ2) is 6.43. The molecule has 0 saturated heterocycles. The van der Waals surface area contributed by atoms with Crippen molar-refractivity contribution in [1.29, 1.82) is 0 Å². The van der Waals surface area contributed by atoms with Crippen LogP contribution in [-0.2, 0) is 0 Å². The second-order valence-corrected chi connectivity index (χ2v) is 5.39. The maximum Gasteiger partial charge on any atom is 0.255 e. The Labute approximate surface area is 117 Å². The highest BCUT2D eigenvalue weighted by molar-refractivity contribution is 7.99. The van der Waals surface area contributed by atoms with E-state index in [4.69, 9.17) is 0 Å². The Morgan fingerprint density at radius 2 is 2.05 bits per heavy atom. The standard InChI is InChI=1S/C14H17N3OS/c1-10-13(11(2)17-16-10)14(18)15-8-9-19-12-6-4-3-5-7-12/h3-7H,8-9H2,1-2H3,(H,15,18)(H,16,17). The van der Waals surface area contributed by atoms with Gasteiger partial charge in [0.25, 0.3) is 5.91 Å². The predicted molar refractivity (Wildman–Crippen MR) is 77.6 cm³/mol. The lowest BCUT2D eigenvalue weighted by molar-refractivity contribution is 0.0955. The number of hydrogen-bond donors (Lipinski definition) is 2. The minimum atomic E-state index is -0.0580. The third-order valence-electron chi connectivity index (χ3n) is 2.75. The van der Waals surface area contributed by atoms with Gasteiger partial charge < -0.3 is 5.32 Å². The molecule has 0 radical (unpaired) electrons. The lowest BCUT2D eigenvalue weighted by Crippen LogP contribution is -2.26. The summed E-state index contributed by atoms with van der Waals surface area (Å²) in [5.41, 5.74) is 2.21. The molecule has 2 N–H and O–H groups in total. The molecule has 0 fully saturated rings. The van der Waals surface area contributed by atoms with Gasteiger partial charge in [0, 0.05) is 22.9 Å². The number of amides is 1. The second-order valence-electron chi connectivity index (χ2n) is 4.23. The minimum Gasteiger partial charge on any atom is -0.351 e. The van der Waals surface area contributed by atoms with E-state index >= 15 is 0 Å². The first-order chi connectivity index (χ1) is 9.18. The summed E-state index contributed by atoms with van der Waals surface area (Å²) in [5, 5.41) is 9.76. The van der Waals surface area contributed by atoms with Crippen LogP contribution in [0.2, 0.25) is 0 Å². The lowest BCUT2D eigenvalue weighted by atomic mass is 10.2. The van der Waals surface area contributed by atoms with E-state index in [1.54, 1.807) is 11.8 Å². The number of aromatic amines is 1. The Hall–Kier alpha value is -1.75. The van der Waals surface area contributed by atoms with E-state index < -0.39 is 0 Å². The van der Waals surface area contributed by atoms with Gasteiger partial charge in [-0.2, -0.15) is 5.10 Å². The summed E-state index contributed by atoms with van der Waals surface area (Å²) in [6.45, 7) is 4.33. The molecule has 0 aliphatic rings. The molecule has 0 saturated carbocycles. The highest BCUT2D eigenvalue weighted by atomic mass is 32.2. The number of aromatic nitrogens is 2. The van der Waals surface area contributed by atoms with Crippen LogP contribution in [0.4, 0.5) is 0 Å². The van der Waals surface area contributed by atoms with Crippen molar-refractivity contribution in [3.8, 4) is 0 Å². The zero-order valence-corrected chi connectivity index (χ0v) is 11.9. The zero-order valence-electron chi connectivity index (χ0n) is 11.1. The largest absolute Gasteiger partial charge is 0.351 e. The van der Waals surface area contributed by atoms with E-state index in [1.807, 2.05) is 32.0 Å². The molecule has 5 heteroatoms. The van der Waals surface area contributed by atoms with Crippen LogP contribution in [0.3, 0.4) is 0 Å². The van der Waals surface area contributed by atoms with Crippen molar-refractivity contribution in [2.45, 2.75) is 18.7 Å². The normalized spacial score (nSPS) is 10.4. The predicted octanol–water partition coefficient (Wildman–Crippen LogP) is 2.55. The first-order valence-corrected chi connectivity index (χ1v) is 7.14. The van der Waals surface area contributed by atoms with Crippen LogP contribution in [-0.4, -0.2) is 28.4 Å². The van der Waals surface area contributed by atoms with Gasteiger partial charge in [-0.15, -0.1) is 11.8 Å². The lowest BCUT2D eigenvalue weighted by Gasteiger charge is -2.05. The number of aryl methyl sites for hydroxylation is 2. The third-order valence-corrected chi connectivity index (χ3v) is 3.77. The van der Waals surface area contributed by atoms with Crippen LogP contribution in [0.25, 0.3) is 0 Å². The molecular weight excluding hydrogens is 258 g/mol. The highest BCUT2D eigenvalue weighted by Crippen LogP contribution is 2.16. The molecule has 0 aliphatic heterocycles. The van der Waals surface area contributed by atoms with Gasteiger partial charge in [-0.1, -0.05) is 18.2 Å².